The summed E-state index contributed by atoms with van der Waals surface area (Å²) < 4.78 is 16.1. The van der Waals surface area contributed by atoms with Gasteiger partial charge in [0.2, 0.25) is 0 Å². The van der Waals surface area contributed by atoms with Crippen LogP contribution >= 0.6 is 0 Å². The Morgan fingerprint density at radius 3 is 1.76 bits per heavy atom. The van der Waals surface area contributed by atoms with Gasteiger partial charge < -0.3 is 14.2 Å². The third-order valence-electron chi connectivity index (χ3n) is 5.93. The largest absolute Gasteiger partial charge is 0.496 e. The fraction of sp³-hybridized carbons (Fsp3) is 0.471. The third-order valence-corrected chi connectivity index (χ3v) is 5.93. The number of para-hydroxylation sites is 2. The lowest BCUT2D eigenvalue weighted by Gasteiger charge is -2.11. The molecule has 3 aromatic rings. The molecule has 37 heavy (non-hydrogen) atoms. The molecule has 3 aromatic carbocycles. The van der Waals surface area contributed by atoms with Crippen molar-refractivity contribution in [2.45, 2.75) is 73.1 Å². The average Bonchev–Trinajstić information content (AvgIpc) is 2.94. The molecular weight excluding hydrogens is 456 g/mol. The summed E-state index contributed by atoms with van der Waals surface area (Å²) in [5.74, 6) is 2.75. The molecule has 0 radical (unpaired) electrons. The summed E-state index contributed by atoms with van der Waals surface area (Å²) in [5, 5.41) is 0. The molecule has 0 fully saturated rings. The molecule has 0 heterocycles. The second kappa shape index (κ2) is 21.3. The second-order valence-corrected chi connectivity index (χ2v) is 9.30. The number of aryl methyl sites for hydroxylation is 3. The van der Waals surface area contributed by atoms with Gasteiger partial charge in [-0.25, -0.2) is 0 Å². The number of methoxy groups -OCH3 is 1. The van der Waals surface area contributed by atoms with Gasteiger partial charge in [-0.05, 0) is 80.2 Å². The summed E-state index contributed by atoms with van der Waals surface area (Å²) in [5.41, 5.74) is 4.00. The minimum Gasteiger partial charge on any atom is -0.496 e. The molecule has 0 aliphatic heterocycles. The fourth-order valence-electron chi connectivity index (χ4n) is 3.66. The van der Waals surface area contributed by atoms with Gasteiger partial charge in [0.05, 0.1) is 13.7 Å². The van der Waals surface area contributed by atoms with Crippen molar-refractivity contribution >= 4 is 0 Å². The Hall–Kier alpha value is -2.78. The Labute approximate surface area is 227 Å². The molecule has 3 heteroatoms. The Balaban J connectivity index is 0.000000281. The summed E-state index contributed by atoms with van der Waals surface area (Å²) in [7, 11) is 1.70. The Morgan fingerprint density at radius 1 is 0.649 bits per heavy atom. The van der Waals surface area contributed by atoms with Crippen molar-refractivity contribution in [3.63, 3.8) is 0 Å². The van der Waals surface area contributed by atoms with Crippen LogP contribution in [-0.2, 0) is 24.0 Å². The van der Waals surface area contributed by atoms with Crippen LogP contribution in [-0.4, -0.2) is 26.9 Å². The highest BCUT2D eigenvalue weighted by atomic mass is 16.5. The molecule has 3 rings (SSSR count). The van der Waals surface area contributed by atoms with Gasteiger partial charge >= 0.3 is 0 Å². The van der Waals surface area contributed by atoms with Crippen molar-refractivity contribution in [3.8, 4) is 11.5 Å². The van der Waals surface area contributed by atoms with Crippen LogP contribution in [0, 0.1) is 5.92 Å². The lowest BCUT2D eigenvalue weighted by molar-refractivity contribution is 0.143. The molecule has 0 aliphatic rings. The smallest absolute Gasteiger partial charge is 0.122 e. The summed E-state index contributed by atoms with van der Waals surface area (Å²) in [4.78, 5) is 0. The van der Waals surface area contributed by atoms with Crippen molar-refractivity contribution in [2.75, 3.05) is 26.9 Å². The maximum Gasteiger partial charge on any atom is 0.122 e. The molecule has 0 aliphatic carbocycles. The second-order valence-electron chi connectivity index (χ2n) is 9.30. The normalized spacial score (nSPS) is 10.1. The molecule has 0 atom stereocenters. The monoisotopic (exact) mass is 506 g/mol. The molecule has 0 aromatic heterocycles. The SMILES string of the molecule is CCOCCCCc1ccccc1.CCc1ccccc1OC.CCc1ccccc1OCCC(C)C. The zero-order valence-electron chi connectivity index (χ0n) is 24.2. The van der Waals surface area contributed by atoms with Crippen molar-refractivity contribution < 1.29 is 14.2 Å². The van der Waals surface area contributed by atoms with E-state index in [4.69, 9.17) is 14.2 Å². The summed E-state index contributed by atoms with van der Waals surface area (Å²) in [6.45, 7) is 13.3. The molecule has 0 bridgehead atoms. The van der Waals surface area contributed by atoms with Crippen LogP contribution in [0.5, 0.6) is 11.5 Å². The number of rotatable bonds is 13. The van der Waals surface area contributed by atoms with Crippen LogP contribution in [0.3, 0.4) is 0 Å². The molecule has 3 nitrogen and oxygen atoms in total. The number of unbranched alkanes of at least 4 members (excludes halogenated alkanes) is 1. The highest BCUT2D eigenvalue weighted by Gasteiger charge is 2.01. The number of ether oxygens (including phenoxy) is 3. The topological polar surface area (TPSA) is 27.7 Å². The molecular formula is C34H50O3. The van der Waals surface area contributed by atoms with Crippen molar-refractivity contribution in [1.82, 2.24) is 0 Å². The molecule has 0 spiro atoms. The number of hydrogen-bond donors (Lipinski definition) is 0. The van der Waals surface area contributed by atoms with Gasteiger partial charge in [-0.2, -0.15) is 0 Å². The van der Waals surface area contributed by atoms with Gasteiger partial charge in [-0.1, -0.05) is 94.4 Å². The van der Waals surface area contributed by atoms with E-state index in [2.05, 4.69) is 82.3 Å². The highest BCUT2D eigenvalue weighted by Crippen LogP contribution is 2.19. The van der Waals surface area contributed by atoms with Crippen LogP contribution in [0.4, 0.5) is 0 Å². The first kappa shape index (κ1) is 32.2. The molecule has 0 unspecified atom stereocenters. The van der Waals surface area contributed by atoms with E-state index >= 15 is 0 Å². The predicted octanol–water partition coefficient (Wildman–Crippen LogP) is 8.98. The lowest BCUT2D eigenvalue weighted by Crippen LogP contribution is -2.02. The molecule has 0 saturated carbocycles. The van der Waals surface area contributed by atoms with E-state index in [0.717, 1.165) is 50.6 Å². The van der Waals surface area contributed by atoms with Crippen molar-refractivity contribution in [3.05, 3.63) is 95.6 Å². The summed E-state index contributed by atoms with van der Waals surface area (Å²) in [6.07, 6.45) is 6.76. The van der Waals surface area contributed by atoms with E-state index in [1.807, 2.05) is 31.2 Å². The van der Waals surface area contributed by atoms with Crippen molar-refractivity contribution in [2.24, 2.45) is 5.92 Å². The molecule has 0 amide bonds. The van der Waals surface area contributed by atoms with E-state index in [1.54, 1.807) is 7.11 Å². The Morgan fingerprint density at radius 2 is 1.22 bits per heavy atom. The van der Waals surface area contributed by atoms with Gasteiger partial charge in [-0.3, -0.25) is 0 Å². The Kier molecular flexibility index (Phi) is 18.6. The molecule has 0 N–H and O–H groups in total. The Bertz CT molecular complexity index is 898. The van der Waals surface area contributed by atoms with E-state index in [0.29, 0.717) is 5.92 Å². The van der Waals surface area contributed by atoms with E-state index in [-0.39, 0.29) is 0 Å². The van der Waals surface area contributed by atoms with E-state index in [1.165, 1.54) is 36.0 Å². The minimum absolute atomic E-state index is 0.712. The third kappa shape index (κ3) is 15.2. The van der Waals surface area contributed by atoms with Gasteiger partial charge in [0.15, 0.2) is 0 Å². The number of benzene rings is 3. The lowest BCUT2D eigenvalue weighted by atomic mass is 10.1. The quantitative estimate of drug-likeness (QED) is 0.216. The average molecular weight is 507 g/mol. The fourth-order valence-corrected chi connectivity index (χ4v) is 3.66. The van der Waals surface area contributed by atoms with Crippen LogP contribution in [0.1, 0.15) is 70.6 Å². The number of hydrogen-bond acceptors (Lipinski definition) is 3. The van der Waals surface area contributed by atoms with Crippen LogP contribution < -0.4 is 9.47 Å². The highest BCUT2D eigenvalue weighted by molar-refractivity contribution is 5.33. The van der Waals surface area contributed by atoms with Gasteiger partial charge in [0, 0.05) is 13.2 Å². The standard InChI is InChI=1S/C13H20O.C12H18O.C9H12O/c1-4-12-7-5-6-8-13(12)14-10-9-11(2)3;1-2-13-11-7-6-10-12-8-4-3-5-9-12;1-3-8-6-4-5-7-9(8)10-2/h5-8,11H,4,9-10H2,1-3H3;3-5,8-9H,2,6-7,10-11H2,1H3;4-7H,3H2,1-2H3. The first-order chi connectivity index (χ1) is 18.0. The summed E-state index contributed by atoms with van der Waals surface area (Å²) >= 11 is 0. The van der Waals surface area contributed by atoms with Gasteiger partial charge in [0.25, 0.3) is 0 Å². The zero-order valence-corrected chi connectivity index (χ0v) is 24.2. The zero-order chi connectivity index (χ0) is 27.1. The predicted molar refractivity (Wildman–Crippen MR) is 159 cm³/mol. The van der Waals surface area contributed by atoms with Crippen LogP contribution in [0.25, 0.3) is 0 Å². The molecule has 0 saturated heterocycles. The van der Waals surface area contributed by atoms with Crippen LogP contribution in [0.15, 0.2) is 78.9 Å². The summed E-state index contributed by atoms with van der Waals surface area (Å²) in [6, 6.07) is 27.0. The van der Waals surface area contributed by atoms with Gasteiger partial charge in [-0.15, -0.1) is 0 Å². The van der Waals surface area contributed by atoms with Crippen LogP contribution in [0.2, 0.25) is 0 Å². The van der Waals surface area contributed by atoms with E-state index in [9.17, 15) is 0 Å². The first-order valence-corrected chi connectivity index (χ1v) is 14.0. The molecule has 204 valence electrons. The van der Waals surface area contributed by atoms with Gasteiger partial charge in [0.1, 0.15) is 11.5 Å². The maximum atomic E-state index is 5.74. The maximum absolute atomic E-state index is 5.74. The van der Waals surface area contributed by atoms with Crippen molar-refractivity contribution in [1.29, 1.82) is 0 Å². The first-order valence-electron chi connectivity index (χ1n) is 14.0. The van der Waals surface area contributed by atoms with E-state index < -0.39 is 0 Å². The minimum atomic E-state index is 0.712.